The van der Waals surface area contributed by atoms with E-state index in [0.29, 0.717) is 24.4 Å². The Labute approximate surface area is 208 Å². The van der Waals surface area contributed by atoms with Gasteiger partial charge < -0.3 is 30.7 Å². The van der Waals surface area contributed by atoms with E-state index in [1.54, 1.807) is 6.92 Å². The fraction of sp³-hybridized carbons (Fsp3) is 0.625. The first-order valence-electron chi connectivity index (χ1n) is 12.0. The molecule has 1 unspecified atom stereocenters. The molecule has 1 aliphatic carbocycles. The zero-order valence-corrected chi connectivity index (χ0v) is 20.6. The lowest BCUT2D eigenvalue weighted by Crippen LogP contribution is -2.42. The van der Waals surface area contributed by atoms with Crippen LogP contribution in [0.4, 0.5) is 5.82 Å². The molecule has 1 aliphatic heterocycles. The summed E-state index contributed by atoms with van der Waals surface area (Å²) in [7, 11) is 1.42. The molecule has 12 heteroatoms. The van der Waals surface area contributed by atoms with Crippen molar-refractivity contribution in [1.82, 2.24) is 24.8 Å². The van der Waals surface area contributed by atoms with E-state index in [2.05, 4.69) is 32.1 Å². The van der Waals surface area contributed by atoms with E-state index < -0.39 is 35.9 Å². The summed E-state index contributed by atoms with van der Waals surface area (Å²) in [5, 5.41) is 23.5. The molecule has 1 saturated heterocycles. The molecule has 0 radical (unpaired) electrons. The van der Waals surface area contributed by atoms with Crippen molar-refractivity contribution in [3.63, 3.8) is 0 Å². The van der Waals surface area contributed by atoms with E-state index in [-0.39, 0.29) is 23.3 Å². The Balaban J connectivity index is 1.49. The van der Waals surface area contributed by atoms with Gasteiger partial charge in [0, 0.05) is 13.0 Å². The minimum absolute atomic E-state index is 0.114. The molecule has 0 spiro atoms. The number of anilines is 1. The average molecular weight is 501 g/mol. The summed E-state index contributed by atoms with van der Waals surface area (Å²) in [6.45, 7) is 4.04. The molecule has 12 nitrogen and oxygen atoms in total. The summed E-state index contributed by atoms with van der Waals surface area (Å²) in [5.74, 6) is 6.04. The number of esters is 1. The molecule has 194 valence electrons. The van der Waals surface area contributed by atoms with E-state index in [9.17, 15) is 19.8 Å². The third-order valence-electron chi connectivity index (χ3n) is 7.05. The van der Waals surface area contributed by atoms with E-state index >= 15 is 0 Å². The van der Waals surface area contributed by atoms with Crippen molar-refractivity contribution in [3.8, 4) is 11.8 Å². The lowest BCUT2D eigenvalue weighted by atomic mass is 9.71. The number of nitrogens with one attached hydrogen (secondary N) is 1. The molecule has 4 atom stereocenters. The molecule has 0 aromatic carbocycles. The molecule has 1 saturated carbocycles. The number of imidazole rings is 1. The molecule has 1 amide bonds. The van der Waals surface area contributed by atoms with Gasteiger partial charge in [-0.1, -0.05) is 5.92 Å². The molecule has 36 heavy (non-hydrogen) atoms. The van der Waals surface area contributed by atoms with Gasteiger partial charge in [-0.2, -0.15) is 0 Å². The van der Waals surface area contributed by atoms with Gasteiger partial charge in [-0.15, -0.1) is 0 Å². The molecular weight excluding hydrogens is 468 g/mol. The zero-order chi connectivity index (χ0) is 26.0. The number of rotatable bonds is 5. The topological polar surface area (TPSA) is 175 Å². The van der Waals surface area contributed by atoms with Crippen molar-refractivity contribution in [3.05, 3.63) is 12.2 Å². The quantitative estimate of drug-likeness (QED) is 0.329. The van der Waals surface area contributed by atoms with Gasteiger partial charge in [0.1, 0.15) is 17.7 Å². The third-order valence-corrected chi connectivity index (χ3v) is 7.05. The molecule has 2 fully saturated rings. The van der Waals surface area contributed by atoms with E-state index in [4.69, 9.17) is 15.2 Å². The number of hydrogen-bond donors (Lipinski definition) is 4. The number of carbonyl (C=O) groups excluding carboxylic acids is 2. The maximum Gasteiger partial charge on any atom is 0.311 e. The number of methoxy groups -OCH3 is 1. The van der Waals surface area contributed by atoms with Crippen molar-refractivity contribution in [2.45, 2.75) is 70.5 Å². The number of fused-ring (bicyclic) bond motifs is 1. The van der Waals surface area contributed by atoms with Gasteiger partial charge in [0.2, 0.25) is 5.82 Å². The fourth-order valence-corrected chi connectivity index (χ4v) is 4.81. The van der Waals surface area contributed by atoms with Gasteiger partial charge in [0.05, 0.1) is 18.9 Å². The molecular formula is C24H32N6O6. The van der Waals surface area contributed by atoms with Crippen molar-refractivity contribution in [2.24, 2.45) is 11.3 Å². The predicted octanol–water partition coefficient (Wildman–Crippen LogP) is 0.275. The number of amides is 1. The lowest BCUT2D eigenvalue weighted by molar-refractivity contribution is -0.154. The minimum atomic E-state index is -1.42. The molecule has 4 rings (SSSR count). The van der Waals surface area contributed by atoms with Crippen LogP contribution >= 0.6 is 0 Å². The van der Waals surface area contributed by atoms with Gasteiger partial charge >= 0.3 is 5.97 Å². The Morgan fingerprint density at radius 2 is 2.03 bits per heavy atom. The first-order chi connectivity index (χ1) is 17.2. The SMILES string of the molecule is CCNC(=O)[C@H]1O[C@@H](n2cnc3c(N)nc(C#CCC4CCC(C)(C(=O)OC)CC4)nc32)C(O)[C@H]1O. The molecule has 2 aromatic rings. The number of nitrogens with two attached hydrogens (primary N) is 1. The second-order valence-corrected chi connectivity index (χ2v) is 9.58. The summed E-state index contributed by atoms with van der Waals surface area (Å²) in [4.78, 5) is 37.1. The highest BCUT2D eigenvalue weighted by molar-refractivity contribution is 5.83. The normalized spacial score (nSPS) is 30.0. The Kier molecular flexibility index (Phi) is 7.44. The van der Waals surface area contributed by atoms with Crippen LogP contribution in [0.1, 0.15) is 58.0 Å². The van der Waals surface area contributed by atoms with E-state index in [1.807, 2.05) is 6.92 Å². The van der Waals surface area contributed by atoms with Crippen LogP contribution in [0.15, 0.2) is 6.33 Å². The van der Waals surface area contributed by atoms with E-state index in [0.717, 1.165) is 25.7 Å². The predicted molar refractivity (Wildman–Crippen MR) is 128 cm³/mol. The largest absolute Gasteiger partial charge is 0.469 e. The highest BCUT2D eigenvalue weighted by atomic mass is 16.6. The number of nitrogens with zero attached hydrogens (tertiary/aromatic N) is 4. The van der Waals surface area contributed by atoms with Crippen molar-refractivity contribution in [2.75, 3.05) is 19.4 Å². The average Bonchev–Trinajstić information content (AvgIpc) is 3.41. The zero-order valence-electron chi connectivity index (χ0n) is 20.6. The number of aliphatic hydroxyl groups excluding tert-OH is 2. The Morgan fingerprint density at radius 3 is 2.69 bits per heavy atom. The fourth-order valence-electron chi connectivity index (χ4n) is 4.81. The first-order valence-corrected chi connectivity index (χ1v) is 12.0. The van der Waals surface area contributed by atoms with Crippen molar-refractivity contribution in [1.29, 1.82) is 0 Å². The van der Waals surface area contributed by atoms with Gasteiger partial charge in [-0.25, -0.2) is 15.0 Å². The lowest BCUT2D eigenvalue weighted by Gasteiger charge is -2.34. The Morgan fingerprint density at radius 1 is 1.31 bits per heavy atom. The van der Waals surface area contributed by atoms with Gasteiger partial charge in [-0.3, -0.25) is 14.2 Å². The van der Waals surface area contributed by atoms with Crippen LogP contribution in [0, 0.1) is 23.2 Å². The van der Waals surface area contributed by atoms with Crippen molar-refractivity contribution >= 4 is 28.9 Å². The summed E-state index contributed by atoms with van der Waals surface area (Å²) in [6.07, 6.45) is 0.118. The second kappa shape index (κ2) is 10.4. The first kappa shape index (κ1) is 25.8. The molecule has 0 bridgehead atoms. The number of carbonyl (C=O) groups is 2. The van der Waals surface area contributed by atoms with Crippen LogP contribution in [-0.2, 0) is 19.1 Å². The van der Waals surface area contributed by atoms with E-state index in [1.165, 1.54) is 18.0 Å². The number of nitrogen functional groups attached to an aromatic ring is 1. The Hall–Kier alpha value is -3.27. The van der Waals surface area contributed by atoms with Crippen LogP contribution in [0.5, 0.6) is 0 Å². The number of aliphatic hydroxyl groups is 2. The van der Waals surface area contributed by atoms with Crippen molar-refractivity contribution < 1.29 is 29.3 Å². The Bertz CT molecular complexity index is 1190. The number of likely N-dealkylation sites (N-methyl/N-ethyl adjacent to an activating group) is 1. The monoisotopic (exact) mass is 500 g/mol. The van der Waals surface area contributed by atoms with Gasteiger partial charge in [-0.05, 0) is 51.4 Å². The van der Waals surface area contributed by atoms with Crippen LogP contribution < -0.4 is 11.1 Å². The standard InChI is InChI=1S/C24H32N6O6/c1-4-26-21(33)18-16(31)17(32)22(36-18)30-12-27-15-19(25)28-14(29-20(15)30)7-5-6-13-8-10-24(2,11-9-13)23(34)35-3/h12-13,16-18,22,31-32H,4,6,8-11H2,1-3H3,(H,26,33)(H2,25,28,29)/t13?,16-,17?,18+,22-,24?/m1/s1. The number of aromatic nitrogens is 4. The smallest absolute Gasteiger partial charge is 0.311 e. The summed E-state index contributed by atoms with van der Waals surface area (Å²) >= 11 is 0. The third kappa shape index (κ3) is 4.86. The highest BCUT2D eigenvalue weighted by Gasteiger charge is 2.47. The molecule has 2 aromatic heterocycles. The van der Waals surface area contributed by atoms with Gasteiger partial charge in [0.25, 0.3) is 5.91 Å². The highest BCUT2D eigenvalue weighted by Crippen LogP contribution is 2.40. The van der Waals surface area contributed by atoms with Crippen LogP contribution in [-0.4, -0.2) is 73.6 Å². The van der Waals surface area contributed by atoms with Crippen LogP contribution in [0.3, 0.4) is 0 Å². The maximum absolute atomic E-state index is 12.2. The number of hydrogen-bond acceptors (Lipinski definition) is 10. The molecule has 5 N–H and O–H groups in total. The summed E-state index contributed by atoms with van der Waals surface area (Å²) in [6, 6.07) is 0. The van der Waals surface area contributed by atoms with Crippen LogP contribution in [0.25, 0.3) is 11.2 Å². The molecule has 2 aliphatic rings. The maximum atomic E-state index is 12.2. The molecule has 3 heterocycles. The van der Waals surface area contributed by atoms with Crippen LogP contribution in [0.2, 0.25) is 0 Å². The minimum Gasteiger partial charge on any atom is -0.469 e. The second-order valence-electron chi connectivity index (χ2n) is 9.58. The summed E-state index contributed by atoms with van der Waals surface area (Å²) in [5.41, 5.74) is 6.21. The number of ether oxygens (including phenoxy) is 2. The van der Waals surface area contributed by atoms with Gasteiger partial charge in [0.15, 0.2) is 23.8 Å². The summed E-state index contributed by atoms with van der Waals surface area (Å²) < 4.78 is 12.0.